The van der Waals surface area contributed by atoms with Crippen molar-refractivity contribution in [1.82, 2.24) is 9.78 Å². The van der Waals surface area contributed by atoms with E-state index in [4.69, 9.17) is 5.73 Å². The predicted molar refractivity (Wildman–Crippen MR) is 96.4 cm³/mol. The molecular weight excluding hydrogens is 355 g/mol. The minimum atomic E-state index is -4.49. The van der Waals surface area contributed by atoms with Gasteiger partial charge in [0.05, 0.1) is 11.8 Å². The molecule has 27 heavy (non-hydrogen) atoms. The lowest BCUT2D eigenvalue weighted by atomic mass is 9.77. The lowest BCUT2D eigenvalue weighted by molar-refractivity contribution is -0.137. The van der Waals surface area contributed by atoms with Crippen molar-refractivity contribution in [1.29, 1.82) is 0 Å². The van der Waals surface area contributed by atoms with Crippen molar-refractivity contribution in [2.24, 2.45) is 11.7 Å². The van der Waals surface area contributed by atoms with Crippen molar-refractivity contribution in [2.45, 2.75) is 58.2 Å². The van der Waals surface area contributed by atoms with Gasteiger partial charge in [-0.15, -0.1) is 0 Å². The van der Waals surface area contributed by atoms with E-state index >= 15 is 0 Å². The lowest BCUT2D eigenvalue weighted by Gasteiger charge is -2.30. The van der Waals surface area contributed by atoms with Gasteiger partial charge in [-0.2, -0.15) is 18.3 Å². The molecule has 1 saturated carbocycles. The van der Waals surface area contributed by atoms with Gasteiger partial charge in [0.1, 0.15) is 0 Å². The number of aryl methyl sites for hydroxylation is 1. The molecule has 1 amide bonds. The third kappa shape index (κ3) is 4.17. The van der Waals surface area contributed by atoms with Crippen molar-refractivity contribution in [3.8, 4) is 0 Å². The maximum atomic E-state index is 12.9. The Bertz CT molecular complexity index is 833. The van der Waals surface area contributed by atoms with E-state index in [2.05, 4.69) is 12.0 Å². The minimum Gasteiger partial charge on any atom is -0.366 e. The standard InChI is InChI=1S/C20H24F3N3O/c1-12-10-25-26(13(12)2)11-14-3-5-15(6-4-14)17-8-7-16(20(21,22)23)9-18(17)19(24)27/h7-10,14-15H,3-6,11H2,1-2H3,(H2,24,27). The number of carbonyl (C=O) groups is 1. The first-order valence-corrected chi connectivity index (χ1v) is 9.16. The van der Waals surface area contributed by atoms with Crippen LogP contribution in [0.15, 0.2) is 24.4 Å². The van der Waals surface area contributed by atoms with E-state index in [1.807, 2.05) is 17.8 Å². The van der Waals surface area contributed by atoms with Gasteiger partial charge in [-0.1, -0.05) is 6.07 Å². The molecule has 1 aliphatic carbocycles. The zero-order chi connectivity index (χ0) is 19.8. The predicted octanol–water partition coefficient (Wildman–Crippen LogP) is 4.59. The second kappa shape index (κ2) is 7.37. The number of hydrogen-bond acceptors (Lipinski definition) is 2. The van der Waals surface area contributed by atoms with Crippen molar-refractivity contribution in [2.75, 3.05) is 0 Å². The fourth-order valence-electron chi connectivity index (χ4n) is 3.93. The number of nitrogens with two attached hydrogens (primary N) is 1. The van der Waals surface area contributed by atoms with E-state index in [1.165, 1.54) is 11.6 Å². The Morgan fingerprint density at radius 2 is 1.89 bits per heavy atom. The second-order valence-electron chi connectivity index (χ2n) is 7.48. The van der Waals surface area contributed by atoms with Crippen LogP contribution in [-0.2, 0) is 12.7 Å². The second-order valence-corrected chi connectivity index (χ2v) is 7.48. The van der Waals surface area contributed by atoms with Crippen molar-refractivity contribution >= 4 is 5.91 Å². The largest absolute Gasteiger partial charge is 0.416 e. The van der Waals surface area contributed by atoms with E-state index in [-0.39, 0.29) is 11.5 Å². The number of rotatable bonds is 4. The van der Waals surface area contributed by atoms with Crippen LogP contribution in [0, 0.1) is 19.8 Å². The molecule has 0 saturated heterocycles. The molecule has 4 nitrogen and oxygen atoms in total. The number of benzene rings is 1. The zero-order valence-electron chi connectivity index (χ0n) is 15.5. The molecule has 1 heterocycles. The maximum absolute atomic E-state index is 12.9. The number of carbonyl (C=O) groups excluding carboxylic acids is 1. The van der Waals surface area contributed by atoms with E-state index < -0.39 is 17.6 Å². The molecule has 0 spiro atoms. The number of hydrogen-bond donors (Lipinski definition) is 1. The summed E-state index contributed by atoms with van der Waals surface area (Å²) in [6.45, 7) is 4.93. The summed E-state index contributed by atoms with van der Waals surface area (Å²) < 4.78 is 40.8. The number of alkyl halides is 3. The van der Waals surface area contributed by atoms with Gasteiger partial charge in [-0.25, -0.2) is 0 Å². The summed E-state index contributed by atoms with van der Waals surface area (Å²) in [6, 6.07) is 3.36. The summed E-state index contributed by atoms with van der Waals surface area (Å²) in [4.78, 5) is 11.7. The highest BCUT2D eigenvalue weighted by molar-refractivity contribution is 5.94. The summed E-state index contributed by atoms with van der Waals surface area (Å²) in [5.41, 5.74) is 7.49. The highest BCUT2D eigenvalue weighted by atomic mass is 19.4. The molecule has 0 atom stereocenters. The Morgan fingerprint density at radius 1 is 1.22 bits per heavy atom. The Morgan fingerprint density at radius 3 is 2.41 bits per heavy atom. The van der Waals surface area contributed by atoms with Gasteiger partial charge in [0.15, 0.2) is 0 Å². The molecule has 0 unspecified atom stereocenters. The fraction of sp³-hybridized carbons (Fsp3) is 0.500. The first-order chi connectivity index (χ1) is 12.7. The molecule has 3 rings (SSSR count). The molecule has 1 fully saturated rings. The molecule has 146 valence electrons. The number of primary amides is 1. The molecule has 0 bridgehead atoms. The first-order valence-electron chi connectivity index (χ1n) is 9.16. The van der Waals surface area contributed by atoms with Crippen molar-refractivity contribution in [3.63, 3.8) is 0 Å². The van der Waals surface area contributed by atoms with Crippen molar-refractivity contribution < 1.29 is 18.0 Å². The summed E-state index contributed by atoms with van der Waals surface area (Å²) in [6.07, 6.45) is 0.929. The zero-order valence-corrected chi connectivity index (χ0v) is 15.5. The molecule has 1 aliphatic rings. The van der Waals surface area contributed by atoms with Crippen LogP contribution in [0.1, 0.15) is 64.3 Å². The normalized spacial score (nSPS) is 20.6. The van der Waals surface area contributed by atoms with Crippen molar-refractivity contribution in [3.05, 3.63) is 52.3 Å². The van der Waals surface area contributed by atoms with Crippen LogP contribution >= 0.6 is 0 Å². The van der Waals surface area contributed by atoms with E-state index in [9.17, 15) is 18.0 Å². The molecule has 2 N–H and O–H groups in total. The topological polar surface area (TPSA) is 60.9 Å². The fourth-order valence-corrected chi connectivity index (χ4v) is 3.93. The van der Waals surface area contributed by atoms with Crippen LogP contribution in [0.25, 0.3) is 0 Å². The van der Waals surface area contributed by atoms with Gasteiger partial charge in [0.2, 0.25) is 5.91 Å². The maximum Gasteiger partial charge on any atom is 0.416 e. The van der Waals surface area contributed by atoms with Crippen LogP contribution in [0.4, 0.5) is 13.2 Å². The number of halogens is 3. The average molecular weight is 379 g/mol. The van der Waals surface area contributed by atoms with Gasteiger partial charge in [0.25, 0.3) is 0 Å². The third-order valence-corrected chi connectivity index (χ3v) is 5.71. The van der Waals surface area contributed by atoms with Gasteiger partial charge in [-0.3, -0.25) is 9.48 Å². The lowest BCUT2D eigenvalue weighted by Crippen LogP contribution is -2.22. The smallest absolute Gasteiger partial charge is 0.366 e. The Balaban J connectivity index is 1.72. The van der Waals surface area contributed by atoms with Gasteiger partial charge < -0.3 is 5.73 Å². The summed E-state index contributed by atoms with van der Waals surface area (Å²) in [7, 11) is 0. The summed E-state index contributed by atoms with van der Waals surface area (Å²) in [5, 5.41) is 4.41. The third-order valence-electron chi connectivity index (χ3n) is 5.71. The molecule has 7 heteroatoms. The Hall–Kier alpha value is -2.31. The minimum absolute atomic E-state index is 0.00757. The van der Waals surface area contributed by atoms with Gasteiger partial charge >= 0.3 is 6.18 Å². The number of nitrogens with zero attached hydrogens (tertiary/aromatic N) is 2. The Kier molecular flexibility index (Phi) is 5.31. The monoisotopic (exact) mass is 379 g/mol. The Labute approximate surface area is 156 Å². The first kappa shape index (κ1) is 19.5. The van der Waals surface area contributed by atoms with Gasteiger partial charge in [-0.05, 0) is 74.6 Å². The van der Waals surface area contributed by atoms with Gasteiger partial charge in [0, 0.05) is 17.8 Å². The van der Waals surface area contributed by atoms with Crippen LogP contribution in [0.3, 0.4) is 0 Å². The van der Waals surface area contributed by atoms with E-state index in [0.717, 1.165) is 50.1 Å². The van der Waals surface area contributed by atoms with E-state index in [1.54, 1.807) is 0 Å². The number of aromatic nitrogens is 2. The highest BCUT2D eigenvalue weighted by Crippen LogP contribution is 2.39. The SMILES string of the molecule is Cc1cnn(CC2CCC(c3ccc(C(F)(F)F)cc3C(N)=O)CC2)c1C. The van der Waals surface area contributed by atoms with Crippen LogP contribution in [-0.4, -0.2) is 15.7 Å². The molecule has 2 aromatic rings. The summed E-state index contributed by atoms with van der Waals surface area (Å²) >= 11 is 0. The van der Waals surface area contributed by atoms with Crippen LogP contribution in [0.2, 0.25) is 0 Å². The summed E-state index contributed by atoms with van der Waals surface area (Å²) in [5.74, 6) is -0.266. The molecule has 1 aromatic carbocycles. The molecular formula is C20H24F3N3O. The number of amides is 1. The highest BCUT2D eigenvalue weighted by Gasteiger charge is 2.33. The van der Waals surface area contributed by atoms with Crippen LogP contribution < -0.4 is 5.73 Å². The van der Waals surface area contributed by atoms with E-state index in [0.29, 0.717) is 11.5 Å². The molecule has 0 radical (unpaired) electrons. The molecule has 1 aromatic heterocycles. The molecule has 0 aliphatic heterocycles. The van der Waals surface area contributed by atoms with Crippen LogP contribution in [0.5, 0.6) is 0 Å². The average Bonchev–Trinajstić information content (AvgIpc) is 2.93. The quantitative estimate of drug-likeness (QED) is 0.844.